The van der Waals surface area contributed by atoms with Crippen LogP contribution in [0.2, 0.25) is 0 Å². The van der Waals surface area contributed by atoms with E-state index in [1.54, 1.807) is 0 Å². The van der Waals surface area contributed by atoms with Gasteiger partial charge in [0.15, 0.2) is 0 Å². The molecule has 0 radical (unpaired) electrons. The molecule has 0 unspecified atom stereocenters. The molecule has 1 aromatic carbocycles. The molecular formula is C29H42O. The highest BCUT2D eigenvalue weighted by Gasteiger charge is 2.02. The number of carbonyl (C=O) groups excluding carboxylic acids is 1. The molecule has 0 fully saturated rings. The fraction of sp³-hybridized carbons (Fsp3) is 0.483. The van der Waals surface area contributed by atoms with Gasteiger partial charge < -0.3 is 0 Å². The third-order valence-electron chi connectivity index (χ3n) is 5.31. The van der Waals surface area contributed by atoms with Crippen LogP contribution < -0.4 is 0 Å². The van der Waals surface area contributed by atoms with Crippen LogP contribution in [0.25, 0.3) is 0 Å². The zero-order valence-corrected chi connectivity index (χ0v) is 20.0. The second-order valence-corrected chi connectivity index (χ2v) is 8.79. The van der Waals surface area contributed by atoms with Crippen molar-refractivity contribution in [2.45, 2.75) is 92.4 Å². The minimum atomic E-state index is 0.324. The molecule has 0 heterocycles. The predicted molar refractivity (Wildman–Crippen MR) is 133 cm³/mol. The van der Waals surface area contributed by atoms with Crippen LogP contribution in [0.3, 0.4) is 0 Å². The number of allylic oxidation sites excluding steroid dienone is 8. The Labute approximate surface area is 185 Å². The largest absolute Gasteiger partial charge is 0.299 e. The van der Waals surface area contributed by atoms with Gasteiger partial charge in [0.2, 0.25) is 0 Å². The van der Waals surface area contributed by atoms with Crippen LogP contribution in [0.5, 0.6) is 0 Å². The smallest absolute Gasteiger partial charge is 0.137 e. The number of hydrogen-bond donors (Lipinski definition) is 0. The van der Waals surface area contributed by atoms with Gasteiger partial charge in [-0.25, -0.2) is 0 Å². The molecule has 0 saturated heterocycles. The van der Waals surface area contributed by atoms with Gasteiger partial charge >= 0.3 is 0 Å². The molecule has 1 aromatic rings. The van der Waals surface area contributed by atoms with Crippen molar-refractivity contribution in [3.05, 3.63) is 82.5 Å². The molecule has 0 atom stereocenters. The molecule has 0 aromatic heterocycles. The minimum absolute atomic E-state index is 0.324. The van der Waals surface area contributed by atoms with Gasteiger partial charge in [-0.2, -0.15) is 0 Å². The van der Waals surface area contributed by atoms with Gasteiger partial charge in [-0.1, -0.05) is 76.9 Å². The van der Waals surface area contributed by atoms with E-state index in [2.05, 4.69) is 58.9 Å². The van der Waals surface area contributed by atoms with Gasteiger partial charge in [-0.15, -0.1) is 0 Å². The van der Waals surface area contributed by atoms with Gasteiger partial charge in [0.05, 0.1) is 0 Å². The minimum Gasteiger partial charge on any atom is -0.299 e. The fourth-order valence-corrected chi connectivity index (χ4v) is 3.38. The zero-order chi connectivity index (χ0) is 22.2. The van der Waals surface area contributed by atoms with E-state index in [-0.39, 0.29) is 0 Å². The number of Topliss-reactive ketones (excluding diaryl/α,β-unsaturated/α-hetero) is 1. The summed E-state index contributed by atoms with van der Waals surface area (Å²) in [5.41, 5.74) is 6.89. The SMILES string of the molecule is CC(C)=CCCC(C)=CCCC(C)=CCCC(C)=CCCC(=O)Cc1ccccc1. The lowest BCUT2D eigenvalue weighted by Gasteiger charge is -2.03. The molecular weight excluding hydrogens is 364 g/mol. The topological polar surface area (TPSA) is 17.1 Å². The maximum atomic E-state index is 12.1. The van der Waals surface area contributed by atoms with Crippen LogP contribution in [0.1, 0.15) is 91.5 Å². The van der Waals surface area contributed by atoms with Gasteiger partial charge in [0.25, 0.3) is 0 Å². The lowest BCUT2D eigenvalue weighted by Crippen LogP contribution is -2.01. The average Bonchev–Trinajstić information content (AvgIpc) is 2.68. The normalized spacial score (nSPS) is 12.8. The Morgan fingerprint density at radius 1 is 0.633 bits per heavy atom. The molecule has 1 heteroatoms. The molecule has 0 aliphatic carbocycles. The van der Waals surface area contributed by atoms with Gasteiger partial charge in [-0.3, -0.25) is 4.79 Å². The van der Waals surface area contributed by atoms with Crippen molar-refractivity contribution < 1.29 is 4.79 Å². The molecule has 1 nitrogen and oxygen atoms in total. The first-order valence-electron chi connectivity index (χ1n) is 11.5. The van der Waals surface area contributed by atoms with E-state index in [1.165, 1.54) is 28.7 Å². The van der Waals surface area contributed by atoms with E-state index in [4.69, 9.17) is 0 Å². The molecule has 164 valence electrons. The van der Waals surface area contributed by atoms with Gasteiger partial charge in [0.1, 0.15) is 5.78 Å². The third-order valence-corrected chi connectivity index (χ3v) is 5.31. The van der Waals surface area contributed by atoms with E-state index >= 15 is 0 Å². The summed E-state index contributed by atoms with van der Waals surface area (Å²) < 4.78 is 0. The number of benzene rings is 1. The Morgan fingerprint density at radius 2 is 1.07 bits per heavy atom. The molecule has 30 heavy (non-hydrogen) atoms. The molecule has 0 aliphatic heterocycles. The van der Waals surface area contributed by atoms with E-state index in [0.717, 1.165) is 44.1 Å². The van der Waals surface area contributed by atoms with Crippen molar-refractivity contribution in [3.8, 4) is 0 Å². The number of hydrogen-bond acceptors (Lipinski definition) is 1. The predicted octanol–water partition coefficient (Wildman–Crippen LogP) is 8.72. The maximum Gasteiger partial charge on any atom is 0.137 e. The summed E-state index contributed by atoms with van der Waals surface area (Å²) in [5.74, 6) is 0.324. The lowest BCUT2D eigenvalue weighted by atomic mass is 10.0. The highest BCUT2D eigenvalue weighted by atomic mass is 16.1. The third kappa shape index (κ3) is 13.9. The first-order chi connectivity index (χ1) is 14.4. The summed E-state index contributed by atoms with van der Waals surface area (Å²) in [5, 5.41) is 0. The van der Waals surface area contributed by atoms with E-state index < -0.39 is 0 Å². The van der Waals surface area contributed by atoms with Crippen molar-refractivity contribution in [1.82, 2.24) is 0 Å². The average molecular weight is 407 g/mol. The highest BCUT2D eigenvalue weighted by molar-refractivity contribution is 5.80. The van der Waals surface area contributed by atoms with E-state index in [0.29, 0.717) is 18.6 Å². The number of carbonyl (C=O) groups is 1. The van der Waals surface area contributed by atoms with Crippen molar-refractivity contribution >= 4 is 5.78 Å². The highest BCUT2D eigenvalue weighted by Crippen LogP contribution is 2.14. The van der Waals surface area contributed by atoms with Gasteiger partial charge in [0, 0.05) is 12.8 Å². The van der Waals surface area contributed by atoms with Crippen LogP contribution >= 0.6 is 0 Å². The second-order valence-electron chi connectivity index (χ2n) is 8.79. The Bertz CT molecular complexity index is 740. The standard InChI is InChI=1S/C29H42O/c1-24(2)13-9-14-25(3)15-10-16-26(4)17-11-18-27(5)19-12-22-29(30)23-28-20-7-6-8-21-28/h6-8,13,15,17,19-21H,9-12,14,16,18,22-23H2,1-5H3. The van der Waals surface area contributed by atoms with Crippen molar-refractivity contribution in [2.24, 2.45) is 0 Å². The molecule has 0 amide bonds. The summed E-state index contributed by atoms with van der Waals surface area (Å²) in [7, 11) is 0. The lowest BCUT2D eigenvalue weighted by molar-refractivity contribution is -0.118. The Hall–Kier alpha value is -2.15. The number of rotatable bonds is 14. The van der Waals surface area contributed by atoms with E-state index in [1.807, 2.05) is 30.3 Å². The fourth-order valence-electron chi connectivity index (χ4n) is 3.38. The maximum absolute atomic E-state index is 12.1. The van der Waals surface area contributed by atoms with Crippen molar-refractivity contribution in [3.63, 3.8) is 0 Å². The second kappa shape index (κ2) is 15.7. The monoisotopic (exact) mass is 406 g/mol. The van der Waals surface area contributed by atoms with Crippen molar-refractivity contribution in [1.29, 1.82) is 0 Å². The molecule has 0 aliphatic rings. The first-order valence-corrected chi connectivity index (χ1v) is 11.5. The molecule has 0 spiro atoms. The van der Waals surface area contributed by atoms with Gasteiger partial charge in [-0.05, 0) is 85.1 Å². The van der Waals surface area contributed by atoms with E-state index in [9.17, 15) is 4.79 Å². The summed E-state index contributed by atoms with van der Waals surface area (Å²) >= 11 is 0. The van der Waals surface area contributed by atoms with Crippen LogP contribution in [-0.4, -0.2) is 5.78 Å². The Kier molecular flexibility index (Phi) is 13.5. The van der Waals surface area contributed by atoms with Crippen LogP contribution in [0, 0.1) is 0 Å². The number of ketones is 1. The Morgan fingerprint density at radius 3 is 1.53 bits per heavy atom. The summed E-state index contributed by atoms with van der Waals surface area (Å²) in [6.45, 7) is 11.0. The van der Waals surface area contributed by atoms with Crippen molar-refractivity contribution in [2.75, 3.05) is 0 Å². The van der Waals surface area contributed by atoms with Crippen LogP contribution in [0.4, 0.5) is 0 Å². The quantitative estimate of drug-likeness (QED) is 0.282. The molecule has 1 rings (SSSR count). The van der Waals surface area contributed by atoms with Crippen LogP contribution in [0.15, 0.2) is 76.9 Å². The summed E-state index contributed by atoms with van der Waals surface area (Å²) in [4.78, 5) is 12.1. The first kappa shape index (κ1) is 25.9. The molecule has 0 saturated carbocycles. The molecule has 0 N–H and O–H groups in total. The Balaban J connectivity index is 2.21. The molecule has 0 bridgehead atoms. The van der Waals surface area contributed by atoms with Crippen LogP contribution in [-0.2, 0) is 11.2 Å². The summed E-state index contributed by atoms with van der Waals surface area (Å²) in [6, 6.07) is 10.0. The zero-order valence-electron chi connectivity index (χ0n) is 20.0. The summed E-state index contributed by atoms with van der Waals surface area (Å²) in [6.07, 6.45) is 18.2.